The lowest BCUT2D eigenvalue weighted by atomic mass is 9.96. The third kappa shape index (κ3) is 5.20. The number of thiazole rings is 1. The minimum absolute atomic E-state index is 0.0177. The number of halogens is 1. The Labute approximate surface area is 202 Å². The van der Waals surface area contributed by atoms with Gasteiger partial charge in [-0.15, -0.1) is 0 Å². The monoisotopic (exact) mass is 475 g/mol. The van der Waals surface area contributed by atoms with Gasteiger partial charge in [0, 0.05) is 25.6 Å². The molecule has 3 aromatic carbocycles. The minimum Gasteiger partial charge on any atom is -0.489 e. The predicted octanol–water partition coefficient (Wildman–Crippen LogP) is 5.55. The Morgan fingerprint density at radius 3 is 2.50 bits per heavy atom. The lowest BCUT2D eigenvalue weighted by Crippen LogP contribution is -2.40. The number of ether oxygens (including phenoxy) is 1. The molecule has 5 nitrogen and oxygen atoms in total. The van der Waals surface area contributed by atoms with E-state index in [1.807, 2.05) is 60.7 Å². The molecule has 5 rings (SSSR count). The molecule has 1 amide bonds. The molecule has 1 aromatic heterocycles. The summed E-state index contributed by atoms with van der Waals surface area (Å²) in [6, 6.07) is 22.9. The molecule has 4 aromatic rings. The molecule has 1 saturated heterocycles. The lowest BCUT2D eigenvalue weighted by molar-refractivity contribution is -0.125. The zero-order valence-electron chi connectivity index (χ0n) is 18.7. The third-order valence-corrected chi connectivity index (χ3v) is 7.21. The van der Waals surface area contributed by atoms with Crippen molar-refractivity contribution in [1.82, 2.24) is 10.3 Å². The van der Waals surface area contributed by atoms with Crippen LogP contribution in [0, 0.1) is 11.7 Å². The Morgan fingerprint density at radius 2 is 1.76 bits per heavy atom. The van der Waals surface area contributed by atoms with E-state index in [9.17, 15) is 9.18 Å². The van der Waals surface area contributed by atoms with E-state index in [0.29, 0.717) is 18.7 Å². The number of carbonyl (C=O) groups is 1. The number of anilines is 1. The summed E-state index contributed by atoms with van der Waals surface area (Å²) in [5.41, 5.74) is 2.59. The Bertz CT molecular complexity index is 1250. The molecule has 0 atom stereocenters. The largest absolute Gasteiger partial charge is 0.489 e. The summed E-state index contributed by atoms with van der Waals surface area (Å²) in [6.07, 6.45) is 1.52. The van der Waals surface area contributed by atoms with E-state index in [4.69, 9.17) is 4.74 Å². The first-order valence-electron chi connectivity index (χ1n) is 11.5. The molecule has 1 N–H and O–H groups in total. The molecule has 174 valence electrons. The summed E-state index contributed by atoms with van der Waals surface area (Å²) >= 11 is 1.50. The molecule has 0 saturated carbocycles. The van der Waals surface area contributed by atoms with Gasteiger partial charge in [-0.25, -0.2) is 9.37 Å². The first kappa shape index (κ1) is 22.3. The molecule has 2 heterocycles. The van der Waals surface area contributed by atoms with Gasteiger partial charge in [-0.05, 0) is 48.2 Å². The second kappa shape index (κ2) is 10.2. The van der Waals surface area contributed by atoms with Crippen LogP contribution in [0.5, 0.6) is 5.75 Å². The van der Waals surface area contributed by atoms with Crippen molar-refractivity contribution in [3.05, 3.63) is 89.7 Å². The highest BCUT2D eigenvalue weighted by atomic mass is 32.1. The fourth-order valence-electron chi connectivity index (χ4n) is 4.15. The molecule has 0 bridgehead atoms. The molecular formula is C27H26FN3O2S. The van der Waals surface area contributed by atoms with E-state index in [1.54, 1.807) is 6.07 Å². The second-order valence-corrected chi connectivity index (χ2v) is 9.49. The van der Waals surface area contributed by atoms with Crippen LogP contribution in [-0.4, -0.2) is 24.0 Å². The molecule has 0 unspecified atom stereocenters. The third-order valence-electron chi connectivity index (χ3n) is 6.13. The standard InChI is InChI=1S/C27H26FN3O2S/c28-23-7-4-8-24-25(23)30-27(34-24)31-15-13-21(14-16-31)26(32)29-17-19-9-11-22(12-10-19)33-18-20-5-2-1-3-6-20/h1-12,21H,13-18H2,(H,29,32). The maximum Gasteiger partial charge on any atom is 0.223 e. The highest BCUT2D eigenvalue weighted by Crippen LogP contribution is 2.32. The van der Waals surface area contributed by atoms with Gasteiger partial charge in [-0.3, -0.25) is 4.79 Å². The first-order valence-corrected chi connectivity index (χ1v) is 12.3. The smallest absolute Gasteiger partial charge is 0.223 e. The van der Waals surface area contributed by atoms with Crippen LogP contribution < -0.4 is 15.0 Å². The summed E-state index contributed by atoms with van der Waals surface area (Å²) in [4.78, 5) is 19.3. The summed E-state index contributed by atoms with van der Waals surface area (Å²) in [5.74, 6) is 0.585. The fourth-order valence-corrected chi connectivity index (χ4v) is 5.18. The zero-order chi connectivity index (χ0) is 23.3. The van der Waals surface area contributed by atoms with Crippen molar-refractivity contribution in [3.63, 3.8) is 0 Å². The number of nitrogens with one attached hydrogen (secondary N) is 1. The summed E-state index contributed by atoms with van der Waals surface area (Å²) in [5, 5.41) is 3.90. The topological polar surface area (TPSA) is 54.5 Å². The average Bonchev–Trinajstić information content (AvgIpc) is 3.33. The van der Waals surface area contributed by atoms with Crippen molar-refractivity contribution in [2.45, 2.75) is 26.0 Å². The maximum absolute atomic E-state index is 14.0. The second-order valence-electron chi connectivity index (χ2n) is 8.48. The van der Waals surface area contributed by atoms with Gasteiger partial charge in [0.2, 0.25) is 5.91 Å². The van der Waals surface area contributed by atoms with E-state index >= 15 is 0 Å². The van der Waals surface area contributed by atoms with Crippen molar-refractivity contribution in [3.8, 4) is 5.75 Å². The van der Waals surface area contributed by atoms with Crippen molar-refractivity contribution in [2.75, 3.05) is 18.0 Å². The molecule has 0 spiro atoms. The summed E-state index contributed by atoms with van der Waals surface area (Å²) in [6.45, 7) is 2.51. The molecular weight excluding hydrogens is 449 g/mol. The Kier molecular flexibility index (Phi) is 6.72. The predicted molar refractivity (Wildman–Crippen MR) is 134 cm³/mol. The Balaban J connectivity index is 1.08. The van der Waals surface area contributed by atoms with E-state index < -0.39 is 0 Å². The van der Waals surface area contributed by atoms with Crippen LogP contribution >= 0.6 is 11.3 Å². The SMILES string of the molecule is O=C(NCc1ccc(OCc2ccccc2)cc1)C1CCN(c2nc3c(F)cccc3s2)CC1. The molecule has 0 aliphatic carbocycles. The minimum atomic E-state index is -0.287. The molecule has 0 radical (unpaired) electrons. The number of piperidine rings is 1. The molecule has 1 aliphatic heterocycles. The van der Waals surface area contributed by atoms with Crippen LogP contribution in [0.4, 0.5) is 9.52 Å². The average molecular weight is 476 g/mol. The van der Waals surface area contributed by atoms with Gasteiger partial charge >= 0.3 is 0 Å². The Hall–Kier alpha value is -3.45. The normalized spacial score (nSPS) is 14.3. The number of carbonyl (C=O) groups excluding carboxylic acids is 1. The number of para-hydroxylation sites is 1. The number of hydrogen-bond donors (Lipinski definition) is 1. The van der Waals surface area contributed by atoms with Crippen LogP contribution in [0.1, 0.15) is 24.0 Å². The van der Waals surface area contributed by atoms with Crippen molar-refractivity contribution >= 4 is 32.6 Å². The lowest BCUT2D eigenvalue weighted by Gasteiger charge is -2.31. The van der Waals surface area contributed by atoms with Crippen molar-refractivity contribution in [2.24, 2.45) is 5.92 Å². The number of fused-ring (bicyclic) bond motifs is 1. The van der Waals surface area contributed by atoms with Crippen LogP contribution in [-0.2, 0) is 17.9 Å². The van der Waals surface area contributed by atoms with Crippen LogP contribution in [0.25, 0.3) is 10.2 Å². The van der Waals surface area contributed by atoms with Crippen molar-refractivity contribution in [1.29, 1.82) is 0 Å². The van der Waals surface area contributed by atoms with Gasteiger partial charge < -0.3 is 15.0 Å². The molecule has 7 heteroatoms. The number of rotatable bonds is 7. The van der Waals surface area contributed by atoms with Crippen LogP contribution in [0.2, 0.25) is 0 Å². The van der Waals surface area contributed by atoms with Gasteiger partial charge in [0.15, 0.2) is 5.13 Å². The molecule has 34 heavy (non-hydrogen) atoms. The van der Waals surface area contributed by atoms with E-state index in [-0.39, 0.29) is 17.6 Å². The van der Waals surface area contributed by atoms with Crippen LogP contribution in [0.15, 0.2) is 72.8 Å². The quantitative estimate of drug-likeness (QED) is 0.381. The highest BCUT2D eigenvalue weighted by Gasteiger charge is 2.26. The number of benzene rings is 3. The first-order chi connectivity index (χ1) is 16.7. The van der Waals surface area contributed by atoms with E-state index in [0.717, 1.165) is 52.6 Å². The maximum atomic E-state index is 14.0. The number of nitrogens with zero attached hydrogens (tertiary/aromatic N) is 2. The number of hydrogen-bond acceptors (Lipinski definition) is 5. The van der Waals surface area contributed by atoms with Crippen LogP contribution in [0.3, 0.4) is 0 Å². The zero-order valence-corrected chi connectivity index (χ0v) is 19.6. The Morgan fingerprint density at radius 1 is 1.00 bits per heavy atom. The fraction of sp³-hybridized carbons (Fsp3) is 0.259. The van der Waals surface area contributed by atoms with Gasteiger partial charge in [-0.2, -0.15) is 0 Å². The molecule has 1 fully saturated rings. The van der Waals surface area contributed by atoms with Gasteiger partial charge in [0.1, 0.15) is 23.7 Å². The van der Waals surface area contributed by atoms with E-state index in [2.05, 4.69) is 15.2 Å². The molecule has 1 aliphatic rings. The highest BCUT2D eigenvalue weighted by molar-refractivity contribution is 7.22. The number of aromatic nitrogens is 1. The number of amides is 1. The summed E-state index contributed by atoms with van der Waals surface area (Å²) in [7, 11) is 0. The van der Waals surface area contributed by atoms with Gasteiger partial charge in [-0.1, -0.05) is 59.9 Å². The van der Waals surface area contributed by atoms with Gasteiger partial charge in [0.25, 0.3) is 0 Å². The summed E-state index contributed by atoms with van der Waals surface area (Å²) < 4.78 is 20.6. The van der Waals surface area contributed by atoms with E-state index in [1.165, 1.54) is 17.4 Å². The van der Waals surface area contributed by atoms with Crippen molar-refractivity contribution < 1.29 is 13.9 Å². The van der Waals surface area contributed by atoms with Gasteiger partial charge in [0.05, 0.1) is 4.70 Å².